The molecular weight excluding hydrogens is 152 g/mol. The van der Waals surface area contributed by atoms with Crippen LogP contribution in [0.4, 0.5) is 8.78 Å². The molecule has 1 saturated heterocycles. The molecule has 0 aromatic rings. The number of hydrogen-bond donors (Lipinski definition) is 2. The number of alkyl halides is 2. The normalized spacial score (nSPS) is 29.7. The second kappa shape index (κ2) is 3.00. The Bertz CT molecular complexity index is 140. The van der Waals surface area contributed by atoms with E-state index in [2.05, 4.69) is 10.7 Å². The zero-order valence-corrected chi connectivity index (χ0v) is 6.69. The summed E-state index contributed by atoms with van der Waals surface area (Å²) >= 11 is 0. The third-order valence-corrected chi connectivity index (χ3v) is 2.01. The first-order valence-electron chi connectivity index (χ1n) is 3.56. The van der Waals surface area contributed by atoms with Gasteiger partial charge in [0.15, 0.2) is 0 Å². The van der Waals surface area contributed by atoms with Crippen LogP contribution in [-0.2, 0) is 0 Å². The minimum Gasteiger partial charge on any atom is -0.309 e. The molecule has 0 bridgehead atoms. The van der Waals surface area contributed by atoms with Crippen molar-refractivity contribution in [2.24, 2.45) is 0 Å². The van der Waals surface area contributed by atoms with Gasteiger partial charge in [-0.2, -0.15) is 0 Å². The molecule has 1 heterocycles. The van der Waals surface area contributed by atoms with Crippen molar-refractivity contribution in [3.63, 3.8) is 0 Å². The third-order valence-electron chi connectivity index (χ3n) is 2.01. The molecule has 1 aliphatic rings. The lowest BCUT2D eigenvalue weighted by atomic mass is 10.2. The van der Waals surface area contributed by atoms with E-state index in [0.29, 0.717) is 6.54 Å². The van der Waals surface area contributed by atoms with E-state index in [1.54, 1.807) is 14.1 Å². The zero-order valence-electron chi connectivity index (χ0n) is 6.69. The Kier molecular flexibility index (Phi) is 2.41. The first kappa shape index (κ1) is 8.83. The highest BCUT2D eigenvalue weighted by Crippen LogP contribution is 2.24. The van der Waals surface area contributed by atoms with Gasteiger partial charge in [-0.1, -0.05) is 0 Å². The highest BCUT2D eigenvalue weighted by molar-refractivity contribution is 4.92. The van der Waals surface area contributed by atoms with Crippen molar-refractivity contribution in [2.45, 2.75) is 12.0 Å². The van der Waals surface area contributed by atoms with Gasteiger partial charge in [-0.05, 0) is 7.05 Å². The van der Waals surface area contributed by atoms with Crippen LogP contribution in [0.15, 0.2) is 0 Å². The molecular formula is C6H13F2N3. The number of nitrogens with zero attached hydrogens (tertiary/aromatic N) is 1. The standard InChI is InChI=1S/C6H13F2N3/c1-9-11(2)5-3-10-4-6(5,7)8/h5,9-10H,3-4H2,1-2H3. The Morgan fingerprint density at radius 3 is 2.64 bits per heavy atom. The lowest BCUT2D eigenvalue weighted by Crippen LogP contribution is -2.50. The molecule has 2 N–H and O–H groups in total. The van der Waals surface area contributed by atoms with Gasteiger partial charge in [-0.15, -0.1) is 0 Å². The molecule has 1 aliphatic heterocycles. The van der Waals surface area contributed by atoms with Gasteiger partial charge in [-0.25, -0.2) is 13.8 Å². The lowest BCUT2D eigenvalue weighted by Gasteiger charge is -2.27. The molecule has 1 rings (SSSR count). The van der Waals surface area contributed by atoms with E-state index < -0.39 is 12.0 Å². The maximum Gasteiger partial charge on any atom is 0.278 e. The molecule has 1 unspecified atom stereocenters. The Balaban J connectivity index is 2.57. The minimum absolute atomic E-state index is 0.219. The first-order chi connectivity index (χ1) is 5.08. The van der Waals surface area contributed by atoms with Crippen LogP contribution in [0, 0.1) is 0 Å². The predicted octanol–water partition coefficient (Wildman–Crippen LogP) is -0.340. The smallest absolute Gasteiger partial charge is 0.278 e. The molecule has 0 aromatic carbocycles. The Hall–Kier alpha value is -0.260. The average molecular weight is 165 g/mol. The minimum atomic E-state index is -2.61. The molecule has 0 spiro atoms. The van der Waals surface area contributed by atoms with Crippen molar-refractivity contribution in [1.82, 2.24) is 15.8 Å². The van der Waals surface area contributed by atoms with E-state index in [0.717, 1.165) is 0 Å². The van der Waals surface area contributed by atoms with E-state index in [-0.39, 0.29) is 6.54 Å². The van der Waals surface area contributed by atoms with Crippen molar-refractivity contribution in [3.8, 4) is 0 Å². The summed E-state index contributed by atoms with van der Waals surface area (Å²) in [4.78, 5) is 0. The number of hydrogen-bond acceptors (Lipinski definition) is 3. The van der Waals surface area contributed by atoms with Crippen LogP contribution in [-0.4, -0.2) is 44.2 Å². The molecule has 1 fully saturated rings. The van der Waals surface area contributed by atoms with Crippen LogP contribution in [0.2, 0.25) is 0 Å². The monoisotopic (exact) mass is 165 g/mol. The largest absolute Gasteiger partial charge is 0.309 e. The van der Waals surface area contributed by atoms with E-state index in [4.69, 9.17) is 0 Å². The zero-order chi connectivity index (χ0) is 8.48. The van der Waals surface area contributed by atoms with Crippen LogP contribution < -0.4 is 10.7 Å². The van der Waals surface area contributed by atoms with Gasteiger partial charge in [-0.3, -0.25) is 5.43 Å². The molecule has 5 heteroatoms. The summed E-state index contributed by atoms with van der Waals surface area (Å²) in [6.07, 6.45) is 0. The number of nitrogens with one attached hydrogen (secondary N) is 2. The summed E-state index contributed by atoms with van der Waals surface area (Å²) < 4.78 is 25.8. The van der Waals surface area contributed by atoms with E-state index >= 15 is 0 Å². The Morgan fingerprint density at radius 2 is 2.27 bits per heavy atom. The molecule has 0 aromatic heterocycles. The van der Waals surface area contributed by atoms with Gasteiger partial charge in [0.25, 0.3) is 5.92 Å². The maximum atomic E-state index is 12.9. The fourth-order valence-electron chi connectivity index (χ4n) is 1.22. The third kappa shape index (κ3) is 1.66. The van der Waals surface area contributed by atoms with Gasteiger partial charge in [0, 0.05) is 13.6 Å². The van der Waals surface area contributed by atoms with Crippen LogP contribution in [0.1, 0.15) is 0 Å². The van der Waals surface area contributed by atoms with Crippen molar-refractivity contribution in [2.75, 3.05) is 27.2 Å². The molecule has 66 valence electrons. The molecule has 0 aliphatic carbocycles. The summed E-state index contributed by atoms with van der Waals surface area (Å²) in [5.74, 6) is -2.61. The predicted molar refractivity (Wildman–Crippen MR) is 38.4 cm³/mol. The van der Waals surface area contributed by atoms with Gasteiger partial charge in [0.2, 0.25) is 0 Å². The van der Waals surface area contributed by atoms with Crippen molar-refractivity contribution >= 4 is 0 Å². The number of hydrazine groups is 1. The lowest BCUT2D eigenvalue weighted by molar-refractivity contribution is -0.0524. The van der Waals surface area contributed by atoms with E-state index in [1.165, 1.54) is 5.01 Å². The van der Waals surface area contributed by atoms with Gasteiger partial charge in [0.1, 0.15) is 6.04 Å². The maximum absolute atomic E-state index is 12.9. The molecule has 1 atom stereocenters. The fourth-order valence-corrected chi connectivity index (χ4v) is 1.22. The molecule has 3 nitrogen and oxygen atoms in total. The van der Waals surface area contributed by atoms with Gasteiger partial charge in [0.05, 0.1) is 6.54 Å². The van der Waals surface area contributed by atoms with E-state index in [1.807, 2.05) is 0 Å². The summed E-state index contributed by atoms with van der Waals surface area (Å²) in [6, 6.07) is -0.729. The van der Waals surface area contributed by atoms with Gasteiger partial charge >= 0.3 is 0 Å². The van der Waals surface area contributed by atoms with E-state index in [9.17, 15) is 8.78 Å². The second-order valence-electron chi connectivity index (χ2n) is 2.74. The SMILES string of the molecule is CNN(C)C1CNCC1(F)F. The van der Waals surface area contributed by atoms with Gasteiger partial charge < -0.3 is 5.32 Å². The fraction of sp³-hybridized carbons (Fsp3) is 1.00. The molecule has 0 radical (unpaired) electrons. The van der Waals surface area contributed by atoms with Crippen molar-refractivity contribution in [1.29, 1.82) is 0 Å². The van der Waals surface area contributed by atoms with Crippen molar-refractivity contribution < 1.29 is 8.78 Å². The summed E-state index contributed by atoms with van der Waals surface area (Å²) in [6.45, 7) is 0.119. The summed E-state index contributed by atoms with van der Waals surface area (Å²) in [5, 5.41) is 4.08. The first-order valence-corrected chi connectivity index (χ1v) is 3.56. The topological polar surface area (TPSA) is 27.3 Å². The highest BCUT2D eigenvalue weighted by Gasteiger charge is 2.45. The van der Waals surface area contributed by atoms with Crippen LogP contribution >= 0.6 is 0 Å². The number of rotatable bonds is 2. The summed E-state index contributed by atoms with van der Waals surface area (Å²) in [5.41, 5.74) is 2.68. The Labute approximate surface area is 64.7 Å². The van der Waals surface area contributed by atoms with Crippen LogP contribution in [0.3, 0.4) is 0 Å². The quantitative estimate of drug-likeness (QED) is 0.548. The molecule has 11 heavy (non-hydrogen) atoms. The second-order valence-corrected chi connectivity index (χ2v) is 2.74. The molecule has 0 saturated carbocycles. The number of halogens is 2. The highest BCUT2D eigenvalue weighted by atomic mass is 19.3. The number of likely N-dealkylation sites (N-methyl/N-ethyl adjacent to an activating group) is 1. The van der Waals surface area contributed by atoms with Crippen LogP contribution in [0.25, 0.3) is 0 Å². The van der Waals surface area contributed by atoms with Crippen LogP contribution in [0.5, 0.6) is 0 Å². The van der Waals surface area contributed by atoms with Crippen molar-refractivity contribution in [3.05, 3.63) is 0 Å². The summed E-state index contributed by atoms with van der Waals surface area (Å²) in [7, 11) is 3.25. The average Bonchev–Trinajstić information content (AvgIpc) is 2.28. The Morgan fingerprint density at radius 1 is 1.64 bits per heavy atom. The molecule has 0 amide bonds.